The number of carbonyl (C=O) groups is 1. The molecule has 1 aromatic heterocycles. The minimum Gasteiger partial charge on any atom is -0.495 e. The molecule has 0 aliphatic carbocycles. The van der Waals surface area contributed by atoms with Gasteiger partial charge in [-0.3, -0.25) is 9.69 Å². The quantitative estimate of drug-likeness (QED) is 0.184. The van der Waals surface area contributed by atoms with Crippen LogP contribution in [-0.2, 0) is 9.53 Å². The van der Waals surface area contributed by atoms with Crippen LogP contribution in [-0.4, -0.2) is 91.4 Å². The molecule has 0 bridgehead atoms. The third-order valence-corrected chi connectivity index (χ3v) is 8.75. The number of ether oxygens (including phenoxy) is 4. The van der Waals surface area contributed by atoms with Gasteiger partial charge in [0.05, 0.1) is 24.9 Å². The Kier molecular flexibility index (Phi) is 10.3. The van der Waals surface area contributed by atoms with Gasteiger partial charge >= 0.3 is 0 Å². The number of hydrogen-bond donors (Lipinski definition) is 1. The van der Waals surface area contributed by atoms with Gasteiger partial charge in [0.2, 0.25) is 5.91 Å². The number of nitrogens with zero attached hydrogens (tertiary/aromatic N) is 4. The van der Waals surface area contributed by atoms with Gasteiger partial charge in [-0.2, -0.15) is 0 Å². The van der Waals surface area contributed by atoms with E-state index in [2.05, 4.69) is 26.8 Å². The summed E-state index contributed by atoms with van der Waals surface area (Å²) in [6, 6.07) is 12.4. The number of rotatable bonds is 12. The number of amides is 1. The minimum atomic E-state index is -0.670. The van der Waals surface area contributed by atoms with Gasteiger partial charge in [-0.05, 0) is 48.4 Å². The number of methoxy groups -OCH3 is 2. The van der Waals surface area contributed by atoms with Crippen LogP contribution in [0.25, 0.3) is 22.0 Å². The Morgan fingerprint density at radius 1 is 0.958 bits per heavy atom. The van der Waals surface area contributed by atoms with Crippen molar-refractivity contribution in [3.63, 3.8) is 0 Å². The molecule has 10 nitrogen and oxygen atoms in total. The highest BCUT2D eigenvalue weighted by Gasteiger charge is 2.28. The number of nitrogens with one attached hydrogen (secondary N) is 1. The van der Waals surface area contributed by atoms with Crippen molar-refractivity contribution in [2.45, 2.75) is 31.5 Å². The van der Waals surface area contributed by atoms with Crippen LogP contribution < -0.4 is 19.5 Å². The SMILES string of the molecule is C=CC(=O)N1CCC(Oc2cc3c(Nc4cc(-c5ccc(F)cc5F)ccc4OC)ncnc3cc2OC2CCN(CCOC)C2)CC1. The van der Waals surface area contributed by atoms with Crippen molar-refractivity contribution >= 4 is 28.3 Å². The van der Waals surface area contributed by atoms with E-state index in [-0.39, 0.29) is 23.7 Å². The zero-order chi connectivity index (χ0) is 33.6. The summed E-state index contributed by atoms with van der Waals surface area (Å²) in [5.41, 5.74) is 1.95. The topological polar surface area (TPSA) is 98.3 Å². The molecule has 48 heavy (non-hydrogen) atoms. The van der Waals surface area contributed by atoms with Crippen LogP contribution in [0.4, 0.5) is 20.3 Å². The summed E-state index contributed by atoms with van der Waals surface area (Å²) in [6.07, 6.45) is 4.81. The maximum absolute atomic E-state index is 14.7. The number of fused-ring (bicyclic) bond motifs is 1. The van der Waals surface area contributed by atoms with Gasteiger partial charge in [-0.25, -0.2) is 18.7 Å². The predicted molar refractivity (Wildman–Crippen MR) is 179 cm³/mol. The van der Waals surface area contributed by atoms with Gasteiger partial charge in [0, 0.05) is 75.8 Å². The Morgan fingerprint density at radius 2 is 1.73 bits per heavy atom. The number of halogens is 2. The highest BCUT2D eigenvalue weighted by atomic mass is 19.1. The second-order valence-corrected chi connectivity index (χ2v) is 11.9. The molecule has 3 aromatic carbocycles. The molecule has 0 saturated carbocycles. The molecule has 2 aliphatic rings. The molecule has 2 fully saturated rings. The van der Waals surface area contributed by atoms with Gasteiger partial charge in [0.15, 0.2) is 11.5 Å². The molecule has 1 unspecified atom stereocenters. The van der Waals surface area contributed by atoms with Crippen LogP contribution in [0.15, 0.2) is 67.5 Å². The van der Waals surface area contributed by atoms with E-state index in [9.17, 15) is 13.6 Å². The van der Waals surface area contributed by atoms with E-state index in [1.54, 1.807) is 37.3 Å². The molecule has 1 amide bonds. The minimum absolute atomic E-state index is 0.0352. The van der Waals surface area contributed by atoms with Gasteiger partial charge in [-0.1, -0.05) is 12.6 Å². The molecule has 252 valence electrons. The highest BCUT2D eigenvalue weighted by molar-refractivity contribution is 5.94. The van der Waals surface area contributed by atoms with E-state index < -0.39 is 11.6 Å². The third-order valence-electron chi connectivity index (χ3n) is 8.75. The second-order valence-electron chi connectivity index (χ2n) is 11.9. The first-order valence-electron chi connectivity index (χ1n) is 16.0. The average Bonchev–Trinajstić information content (AvgIpc) is 3.55. The van der Waals surface area contributed by atoms with Crippen molar-refractivity contribution in [3.05, 3.63) is 79.1 Å². The first-order valence-corrected chi connectivity index (χ1v) is 16.0. The smallest absolute Gasteiger partial charge is 0.245 e. The molecule has 1 atom stereocenters. The van der Waals surface area contributed by atoms with Gasteiger partial charge < -0.3 is 29.2 Å². The van der Waals surface area contributed by atoms with Crippen LogP contribution in [0.2, 0.25) is 0 Å². The molecule has 0 spiro atoms. The molecule has 2 aliphatic heterocycles. The van der Waals surface area contributed by atoms with Crippen LogP contribution in [0, 0.1) is 11.6 Å². The Bertz CT molecular complexity index is 1780. The molecule has 0 radical (unpaired) electrons. The maximum Gasteiger partial charge on any atom is 0.245 e. The first-order chi connectivity index (χ1) is 23.3. The predicted octanol–water partition coefficient (Wildman–Crippen LogP) is 5.98. The fraction of sp³-hybridized carbons (Fsp3) is 0.361. The molecule has 3 heterocycles. The van der Waals surface area contributed by atoms with Crippen LogP contribution in [0.3, 0.4) is 0 Å². The van der Waals surface area contributed by atoms with Crippen molar-refractivity contribution in [3.8, 4) is 28.4 Å². The van der Waals surface area contributed by atoms with Crippen LogP contribution >= 0.6 is 0 Å². The molecule has 6 rings (SSSR count). The van der Waals surface area contributed by atoms with E-state index in [1.807, 2.05) is 12.1 Å². The van der Waals surface area contributed by atoms with Gasteiger partial charge in [0.1, 0.15) is 41.7 Å². The molecule has 2 saturated heterocycles. The normalized spacial score (nSPS) is 17.0. The summed E-state index contributed by atoms with van der Waals surface area (Å²) in [5, 5.41) is 4.01. The lowest BCUT2D eigenvalue weighted by Crippen LogP contribution is -2.41. The Balaban J connectivity index is 1.32. The summed E-state index contributed by atoms with van der Waals surface area (Å²) in [6.45, 7) is 7.90. The lowest BCUT2D eigenvalue weighted by Gasteiger charge is -2.32. The Labute approximate surface area is 278 Å². The third kappa shape index (κ3) is 7.50. The van der Waals surface area contributed by atoms with E-state index in [0.29, 0.717) is 77.8 Å². The molecular formula is C36H39F2N5O5. The van der Waals surface area contributed by atoms with Crippen molar-refractivity contribution in [2.75, 3.05) is 58.9 Å². The fourth-order valence-corrected chi connectivity index (χ4v) is 6.17. The first kappa shape index (κ1) is 33.1. The van der Waals surface area contributed by atoms with Crippen molar-refractivity contribution in [1.82, 2.24) is 19.8 Å². The number of carbonyl (C=O) groups excluding carboxylic acids is 1. The fourth-order valence-electron chi connectivity index (χ4n) is 6.17. The highest BCUT2D eigenvalue weighted by Crippen LogP contribution is 2.39. The number of piperidine rings is 1. The number of anilines is 2. The zero-order valence-corrected chi connectivity index (χ0v) is 27.1. The average molecular weight is 660 g/mol. The molecule has 1 N–H and O–H groups in total. The lowest BCUT2D eigenvalue weighted by molar-refractivity contribution is -0.127. The monoisotopic (exact) mass is 659 g/mol. The summed E-state index contributed by atoms with van der Waals surface area (Å²) < 4.78 is 52.3. The van der Waals surface area contributed by atoms with Crippen LogP contribution in [0.5, 0.6) is 17.2 Å². The van der Waals surface area contributed by atoms with Gasteiger partial charge in [-0.15, -0.1) is 0 Å². The Hall–Kier alpha value is -4.81. The summed E-state index contributed by atoms with van der Waals surface area (Å²) in [4.78, 5) is 25.3. The number of benzene rings is 3. The molecule has 4 aromatic rings. The standard InChI is InChI=1S/C36H39F2N5O5/c1-4-35(44)43-13-10-25(11-14-43)47-33-19-28-30(20-34(33)48-26-9-12-42(21-26)15-16-45-2)39-22-40-36(28)41-31-17-23(5-8-32(31)46-3)27-7-6-24(37)18-29(27)38/h4-8,17-20,22,25-26H,1,9-16,21H2,2-3H3,(H,39,40,41). The number of hydrogen-bond acceptors (Lipinski definition) is 9. The van der Waals surface area contributed by atoms with Gasteiger partial charge in [0.25, 0.3) is 0 Å². The lowest BCUT2D eigenvalue weighted by atomic mass is 10.0. The largest absolute Gasteiger partial charge is 0.495 e. The van der Waals surface area contributed by atoms with E-state index >= 15 is 0 Å². The molecular weight excluding hydrogens is 620 g/mol. The second kappa shape index (κ2) is 15.0. The van der Waals surface area contributed by atoms with Crippen molar-refractivity contribution < 1.29 is 32.5 Å². The summed E-state index contributed by atoms with van der Waals surface area (Å²) in [5.74, 6) is 0.715. The zero-order valence-electron chi connectivity index (χ0n) is 27.1. The number of likely N-dealkylation sites (tertiary alicyclic amines) is 2. The summed E-state index contributed by atoms with van der Waals surface area (Å²) >= 11 is 0. The summed E-state index contributed by atoms with van der Waals surface area (Å²) in [7, 11) is 3.24. The number of aromatic nitrogens is 2. The maximum atomic E-state index is 14.7. The Morgan fingerprint density at radius 3 is 2.48 bits per heavy atom. The van der Waals surface area contributed by atoms with E-state index in [1.165, 1.54) is 24.5 Å². The van der Waals surface area contributed by atoms with Crippen LogP contribution in [0.1, 0.15) is 19.3 Å². The molecule has 12 heteroatoms. The van der Waals surface area contributed by atoms with Crippen molar-refractivity contribution in [1.29, 1.82) is 0 Å². The van der Waals surface area contributed by atoms with Crippen molar-refractivity contribution in [2.24, 2.45) is 0 Å². The van der Waals surface area contributed by atoms with E-state index in [0.717, 1.165) is 32.1 Å². The van der Waals surface area contributed by atoms with E-state index in [4.69, 9.17) is 18.9 Å².